The van der Waals surface area contributed by atoms with Crippen LogP contribution in [0.4, 0.5) is 0 Å². The Morgan fingerprint density at radius 2 is 1.64 bits per heavy atom. The van der Waals surface area contributed by atoms with Gasteiger partial charge in [0.1, 0.15) is 65.0 Å². The van der Waals surface area contributed by atoms with Gasteiger partial charge in [-0.05, 0) is 48.0 Å². The van der Waals surface area contributed by atoms with Gasteiger partial charge in [0.05, 0.1) is 20.3 Å². The molecule has 3 heterocycles. The Kier molecular flexibility index (Phi) is 10.9. The highest BCUT2D eigenvalue weighted by Gasteiger charge is 2.54. The Hall–Kier alpha value is -5.24. The van der Waals surface area contributed by atoms with Crippen molar-refractivity contribution in [2.45, 2.75) is 48.7 Å². The standard InChI is InChI=1S/C36H36O17/c1-47-21-12-22(40)26-23(13-21)50-30(18-5-9-20(39)10-6-18)31(28(26)43)52-34-32(29(44)27(42)24(14-37)51-34)53-35-33(45)36(46,16-49-35)15-48-25(41)11-4-17-2-7-19(38)8-3-17/h2-13,24,27,29,32-35,37-40,42,44-46H,14-16H2,1H3/b11-4+/t24-,27-,29+,32-,33+,34+,35+,36-/m1/s1. The van der Waals surface area contributed by atoms with Gasteiger partial charge in [-0.1, -0.05) is 12.1 Å². The molecule has 2 aliphatic rings. The van der Waals surface area contributed by atoms with Crippen LogP contribution in [-0.4, -0.2) is 122 Å². The van der Waals surface area contributed by atoms with Gasteiger partial charge in [-0.15, -0.1) is 0 Å². The number of aliphatic hydroxyl groups is 5. The maximum Gasteiger partial charge on any atom is 0.330 e. The molecule has 0 aliphatic carbocycles. The van der Waals surface area contributed by atoms with Gasteiger partial charge < -0.3 is 73.7 Å². The minimum absolute atomic E-state index is 0.0340. The Bertz CT molecular complexity index is 2010. The van der Waals surface area contributed by atoms with Gasteiger partial charge in [-0.2, -0.15) is 0 Å². The average molecular weight is 741 g/mol. The molecule has 1 aromatic heterocycles. The molecule has 282 valence electrons. The number of carbonyl (C=O) groups excluding carboxylic acids is 1. The van der Waals surface area contributed by atoms with E-state index in [2.05, 4.69) is 0 Å². The van der Waals surface area contributed by atoms with E-state index in [-0.39, 0.29) is 39.5 Å². The van der Waals surface area contributed by atoms with Crippen LogP contribution in [0.3, 0.4) is 0 Å². The topological polar surface area (TPSA) is 264 Å². The first kappa shape index (κ1) is 37.5. The van der Waals surface area contributed by atoms with E-state index in [0.29, 0.717) is 5.56 Å². The molecule has 0 saturated carbocycles. The number of methoxy groups -OCH3 is 1. The van der Waals surface area contributed by atoms with Crippen molar-refractivity contribution in [1.29, 1.82) is 0 Å². The molecule has 4 aromatic rings. The zero-order valence-electron chi connectivity index (χ0n) is 27.8. The molecule has 17 heteroatoms. The minimum Gasteiger partial charge on any atom is -0.508 e. The van der Waals surface area contributed by atoms with Crippen molar-refractivity contribution in [3.05, 3.63) is 82.5 Å². The number of aromatic hydroxyl groups is 3. The molecule has 8 atom stereocenters. The third-order valence-electron chi connectivity index (χ3n) is 8.70. The van der Waals surface area contributed by atoms with Crippen molar-refractivity contribution in [1.82, 2.24) is 0 Å². The third kappa shape index (κ3) is 7.78. The van der Waals surface area contributed by atoms with E-state index in [4.69, 9.17) is 32.8 Å². The number of rotatable bonds is 11. The lowest BCUT2D eigenvalue weighted by Crippen LogP contribution is -2.62. The van der Waals surface area contributed by atoms with Gasteiger partial charge in [0.2, 0.25) is 17.5 Å². The first-order valence-corrected chi connectivity index (χ1v) is 16.1. The van der Waals surface area contributed by atoms with Gasteiger partial charge in [0.15, 0.2) is 23.8 Å². The smallest absolute Gasteiger partial charge is 0.330 e. The van der Waals surface area contributed by atoms with Crippen LogP contribution in [0.1, 0.15) is 5.56 Å². The molecule has 0 unspecified atom stereocenters. The molecular formula is C36H36O17. The molecule has 2 aliphatic heterocycles. The van der Waals surface area contributed by atoms with E-state index in [1.165, 1.54) is 55.7 Å². The molecule has 2 saturated heterocycles. The lowest BCUT2D eigenvalue weighted by molar-refractivity contribution is -0.319. The second-order valence-electron chi connectivity index (χ2n) is 12.3. The number of fused-ring (bicyclic) bond motifs is 1. The maximum absolute atomic E-state index is 14.0. The van der Waals surface area contributed by atoms with Crippen molar-refractivity contribution in [3.63, 3.8) is 0 Å². The second kappa shape index (κ2) is 15.4. The summed E-state index contributed by atoms with van der Waals surface area (Å²) in [6, 6.07) is 13.8. The largest absolute Gasteiger partial charge is 0.508 e. The van der Waals surface area contributed by atoms with Gasteiger partial charge >= 0.3 is 5.97 Å². The summed E-state index contributed by atoms with van der Waals surface area (Å²) in [5.74, 6) is -2.15. The monoisotopic (exact) mass is 740 g/mol. The molecule has 53 heavy (non-hydrogen) atoms. The molecule has 17 nitrogen and oxygen atoms in total. The molecule has 0 bridgehead atoms. The number of hydrogen-bond donors (Lipinski definition) is 8. The summed E-state index contributed by atoms with van der Waals surface area (Å²) in [5.41, 5.74) is -2.47. The number of hydrogen-bond acceptors (Lipinski definition) is 17. The predicted molar refractivity (Wildman–Crippen MR) is 180 cm³/mol. The summed E-state index contributed by atoms with van der Waals surface area (Å²) in [7, 11) is 1.34. The number of phenolic OH excluding ortho intramolecular Hbond substituents is 3. The van der Waals surface area contributed by atoms with Crippen LogP contribution in [0, 0.1) is 0 Å². The van der Waals surface area contributed by atoms with E-state index in [1.807, 2.05) is 0 Å². The summed E-state index contributed by atoms with van der Waals surface area (Å²) < 4.78 is 39.3. The van der Waals surface area contributed by atoms with Crippen LogP contribution in [0.15, 0.2) is 76.0 Å². The second-order valence-corrected chi connectivity index (χ2v) is 12.3. The van der Waals surface area contributed by atoms with Crippen molar-refractivity contribution >= 4 is 23.0 Å². The number of ether oxygens (including phenoxy) is 6. The van der Waals surface area contributed by atoms with Crippen molar-refractivity contribution in [2.75, 3.05) is 26.9 Å². The zero-order chi connectivity index (χ0) is 38.0. The highest BCUT2D eigenvalue weighted by Crippen LogP contribution is 2.39. The van der Waals surface area contributed by atoms with Crippen LogP contribution in [0.2, 0.25) is 0 Å². The third-order valence-corrected chi connectivity index (χ3v) is 8.70. The van der Waals surface area contributed by atoms with Crippen molar-refractivity contribution < 1.29 is 78.5 Å². The van der Waals surface area contributed by atoms with Crippen LogP contribution >= 0.6 is 0 Å². The van der Waals surface area contributed by atoms with Crippen LogP contribution in [-0.2, 0) is 23.7 Å². The highest BCUT2D eigenvalue weighted by molar-refractivity contribution is 5.88. The molecular weight excluding hydrogens is 704 g/mol. The summed E-state index contributed by atoms with van der Waals surface area (Å²) in [6.45, 7) is -2.20. The van der Waals surface area contributed by atoms with Crippen LogP contribution in [0.5, 0.6) is 28.7 Å². The molecule has 0 spiro atoms. The van der Waals surface area contributed by atoms with Gasteiger partial charge in [0.25, 0.3) is 0 Å². The first-order chi connectivity index (χ1) is 25.3. The lowest BCUT2D eigenvalue weighted by Gasteiger charge is -2.42. The van der Waals surface area contributed by atoms with Gasteiger partial charge in [-0.3, -0.25) is 4.79 Å². The number of aliphatic hydroxyl groups excluding tert-OH is 4. The fourth-order valence-corrected chi connectivity index (χ4v) is 5.74. The van der Waals surface area contributed by atoms with Crippen LogP contribution < -0.4 is 14.9 Å². The van der Waals surface area contributed by atoms with Crippen molar-refractivity contribution in [3.8, 4) is 40.1 Å². The SMILES string of the molecule is COc1cc(O)c2c(=O)c(O[C@@H]3O[C@H](CO)[C@@H](O)[C@H](O)[C@H]3O[C@@H]3OC[C@](O)(COC(=O)/C=C/c4ccc(O)cc4)[C@H]3O)c(-c3ccc(O)cc3)oc2c1. The minimum atomic E-state index is -2.21. The number of phenols is 3. The summed E-state index contributed by atoms with van der Waals surface area (Å²) >= 11 is 0. The Morgan fingerprint density at radius 1 is 0.962 bits per heavy atom. The Balaban J connectivity index is 1.27. The summed E-state index contributed by atoms with van der Waals surface area (Å²) in [5, 5.41) is 83.6. The van der Waals surface area contributed by atoms with Crippen LogP contribution in [0.25, 0.3) is 28.4 Å². The Morgan fingerprint density at radius 3 is 2.30 bits per heavy atom. The number of esters is 1. The molecule has 3 aromatic carbocycles. The molecule has 8 N–H and O–H groups in total. The summed E-state index contributed by atoms with van der Waals surface area (Å²) in [4.78, 5) is 26.3. The van der Waals surface area contributed by atoms with E-state index in [1.54, 1.807) is 12.1 Å². The fraction of sp³-hybridized carbons (Fsp3) is 0.333. The summed E-state index contributed by atoms with van der Waals surface area (Å²) in [6.07, 6.45) is -10.0. The van der Waals surface area contributed by atoms with Crippen molar-refractivity contribution in [2.24, 2.45) is 0 Å². The quantitative estimate of drug-likeness (QED) is 0.0768. The Labute approximate surface area is 299 Å². The number of benzene rings is 3. The highest BCUT2D eigenvalue weighted by atomic mass is 16.8. The normalized spacial score (nSPS) is 27.2. The maximum atomic E-state index is 14.0. The van der Waals surface area contributed by atoms with Gasteiger partial charge in [-0.25, -0.2) is 4.79 Å². The number of carbonyl (C=O) groups is 1. The molecule has 0 amide bonds. The van der Waals surface area contributed by atoms with E-state index < -0.39 is 91.4 Å². The molecule has 2 fully saturated rings. The van der Waals surface area contributed by atoms with E-state index in [9.17, 15) is 50.4 Å². The average Bonchev–Trinajstić information content (AvgIpc) is 3.43. The van der Waals surface area contributed by atoms with E-state index in [0.717, 1.165) is 12.1 Å². The molecule has 0 radical (unpaired) electrons. The molecule has 6 rings (SSSR count). The van der Waals surface area contributed by atoms with E-state index >= 15 is 0 Å². The zero-order valence-corrected chi connectivity index (χ0v) is 27.8. The first-order valence-electron chi connectivity index (χ1n) is 16.1. The fourth-order valence-electron chi connectivity index (χ4n) is 5.74. The predicted octanol–water partition coefficient (Wildman–Crippen LogP) is 0.493. The van der Waals surface area contributed by atoms with Gasteiger partial charge in [0, 0.05) is 23.8 Å². The lowest BCUT2D eigenvalue weighted by atomic mass is 9.98.